The number of nitrogens with zero attached hydrogens (tertiary/aromatic N) is 1. The van der Waals surface area contributed by atoms with Gasteiger partial charge in [-0.15, -0.1) is 0 Å². The van der Waals surface area contributed by atoms with Crippen LogP contribution in [0, 0.1) is 0 Å². The van der Waals surface area contributed by atoms with Crippen LogP contribution in [0.25, 0.3) is 10.9 Å². The molecule has 1 aliphatic rings. The normalized spacial score (nSPS) is 17.7. The molecule has 1 aliphatic heterocycles. The van der Waals surface area contributed by atoms with Gasteiger partial charge in [-0.05, 0) is 55.0 Å². The van der Waals surface area contributed by atoms with E-state index in [0.717, 1.165) is 10.9 Å². The summed E-state index contributed by atoms with van der Waals surface area (Å²) in [6.45, 7) is 0.635. The highest BCUT2D eigenvalue weighted by molar-refractivity contribution is 7.92. The summed E-state index contributed by atoms with van der Waals surface area (Å²) >= 11 is 5.84. The Hall–Kier alpha value is -2.31. The smallest absolute Gasteiger partial charge is 0.253 e. The first kappa shape index (κ1) is 17.1. The van der Waals surface area contributed by atoms with Crippen LogP contribution in [-0.2, 0) is 9.84 Å². The van der Waals surface area contributed by atoms with Gasteiger partial charge in [-0.25, -0.2) is 8.42 Å². The van der Waals surface area contributed by atoms with E-state index in [0.29, 0.717) is 23.6 Å². The van der Waals surface area contributed by atoms with Gasteiger partial charge in [0, 0.05) is 40.8 Å². The molecule has 0 spiro atoms. The maximum atomic E-state index is 12.8. The summed E-state index contributed by atoms with van der Waals surface area (Å²) in [6, 6.07) is 13.5. The average Bonchev–Trinajstić information content (AvgIpc) is 3.30. The van der Waals surface area contributed by atoms with Crippen molar-refractivity contribution >= 4 is 38.2 Å². The van der Waals surface area contributed by atoms with Gasteiger partial charge in [0.05, 0.1) is 10.1 Å². The summed E-state index contributed by atoms with van der Waals surface area (Å²) in [5.41, 5.74) is 1.54. The third kappa shape index (κ3) is 2.99. The predicted octanol–water partition coefficient (Wildman–Crippen LogP) is 3.51. The van der Waals surface area contributed by atoms with E-state index in [1.165, 1.54) is 12.1 Å². The van der Waals surface area contributed by atoms with E-state index in [4.69, 9.17) is 11.6 Å². The molecule has 0 saturated carbocycles. The number of nitrogens with one attached hydrogen (secondary N) is 1. The van der Waals surface area contributed by atoms with Crippen LogP contribution in [0.1, 0.15) is 16.8 Å². The van der Waals surface area contributed by atoms with Gasteiger partial charge in [-0.2, -0.15) is 0 Å². The largest absolute Gasteiger partial charge is 0.361 e. The lowest BCUT2D eigenvalue weighted by atomic mass is 10.1. The van der Waals surface area contributed by atoms with Gasteiger partial charge in [0.2, 0.25) is 0 Å². The Balaban J connectivity index is 1.54. The fourth-order valence-electron chi connectivity index (χ4n) is 3.35. The fourth-order valence-corrected chi connectivity index (χ4v) is 5.17. The molecule has 4 rings (SSSR count). The second kappa shape index (κ2) is 6.45. The molecule has 0 bridgehead atoms. The number of likely N-dealkylation sites (tertiary alicyclic amines) is 1. The van der Waals surface area contributed by atoms with Gasteiger partial charge in [-0.3, -0.25) is 4.79 Å². The number of sulfone groups is 1. The van der Waals surface area contributed by atoms with E-state index in [1.54, 1.807) is 23.1 Å². The van der Waals surface area contributed by atoms with E-state index in [2.05, 4.69) is 4.98 Å². The minimum Gasteiger partial charge on any atom is -0.361 e. The van der Waals surface area contributed by atoms with Gasteiger partial charge in [0.1, 0.15) is 0 Å². The molecule has 3 aromatic rings. The molecule has 0 aliphatic carbocycles. The van der Waals surface area contributed by atoms with Gasteiger partial charge in [0.15, 0.2) is 9.84 Å². The average molecular weight is 389 g/mol. The molecule has 2 heterocycles. The van der Waals surface area contributed by atoms with Crippen molar-refractivity contribution in [2.45, 2.75) is 16.6 Å². The Kier molecular flexibility index (Phi) is 4.25. The molecule has 2 aromatic carbocycles. The summed E-state index contributed by atoms with van der Waals surface area (Å²) in [4.78, 5) is 17.7. The van der Waals surface area contributed by atoms with E-state index < -0.39 is 15.1 Å². The minimum absolute atomic E-state index is 0.137. The minimum atomic E-state index is -3.49. The number of carbonyl (C=O) groups is 1. The predicted molar refractivity (Wildman–Crippen MR) is 101 cm³/mol. The zero-order chi connectivity index (χ0) is 18.3. The summed E-state index contributed by atoms with van der Waals surface area (Å²) in [7, 11) is -3.49. The Morgan fingerprint density at radius 1 is 1.12 bits per heavy atom. The van der Waals surface area contributed by atoms with Crippen LogP contribution >= 0.6 is 11.6 Å². The van der Waals surface area contributed by atoms with E-state index in [-0.39, 0.29) is 17.3 Å². The summed E-state index contributed by atoms with van der Waals surface area (Å²) in [5.74, 6) is -0.137. The van der Waals surface area contributed by atoms with Crippen LogP contribution in [0.4, 0.5) is 0 Å². The van der Waals surface area contributed by atoms with E-state index in [9.17, 15) is 13.2 Å². The first-order chi connectivity index (χ1) is 12.4. The van der Waals surface area contributed by atoms with Gasteiger partial charge in [-0.1, -0.05) is 11.6 Å². The highest BCUT2D eigenvalue weighted by Gasteiger charge is 2.36. The number of hydrogen-bond acceptors (Lipinski definition) is 3. The number of halogens is 1. The zero-order valence-electron chi connectivity index (χ0n) is 13.9. The van der Waals surface area contributed by atoms with Crippen LogP contribution in [0.3, 0.4) is 0 Å². The molecule has 1 saturated heterocycles. The molecule has 1 amide bonds. The van der Waals surface area contributed by atoms with Crippen molar-refractivity contribution in [3.63, 3.8) is 0 Å². The number of carbonyl (C=O) groups excluding carboxylic acids is 1. The highest BCUT2D eigenvalue weighted by Crippen LogP contribution is 2.26. The third-order valence-electron chi connectivity index (χ3n) is 4.81. The lowest BCUT2D eigenvalue weighted by Gasteiger charge is -2.17. The lowest BCUT2D eigenvalue weighted by Crippen LogP contribution is -2.31. The van der Waals surface area contributed by atoms with Crippen molar-refractivity contribution in [3.8, 4) is 0 Å². The van der Waals surface area contributed by atoms with Crippen molar-refractivity contribution in [3.05, 3.63) is 65.3 Å². The van der Waals surface area contributed by atoms with E-state index in [1.807, 2.05) is 24.4 Å². The van der Waals surface area contributed by atoms with Crippen molar-refractivity contribution < 1.29 is 13.2 Å². The number of aromatic nitrogens is 1. The first-order valence-electron chi connectivity index (χ1n) is 8.31. The van der Waals surface area contributed by atoms with Crippen molar-refractivity contribution in [2.75, 3.05) is 13.1 Å². The second-order valence-corrected chi connectivity index (χ2v) is 9.11. The van der Waals surface area contributed by atoms with E-state index >= 15 is 0 Å². The number of fused-ring (bicyclic) bond motifs is 1. The standard InChI is InChI=1S/C19H17ClN2O3S/c20-15-2-4-16(5-3-15)26(24,25)17-8-10-22(12-17)19(23)14-1-6-18-13(11-14)7-9-21-18/h1-7,9,11,17,21H,8,10,12H2. The van der Waals surface area contributed by atoms with Crippen LogP contribution < -0.4 is 0 Å². The molecule has 26 heavy (non-hydrogen) atoms. The summed E-state index contributed by atoms with van der Waals surface area (Å²) < 4.78 is 25.6. The molecule has 1 atom stereocenters. The number of H-pyrrole nitrogens is 1. The number of aromatic amines is 1. The van der Waals surface area contributed by atoms with Crippen molar-refractivity contribution in [1.29, 1.82) is 0 Å². The Morgan fingerprint density at radius 3 is 2.65 bits per heavy atom. The molecule has 134 valence electrons. The van der Waals surface area contributed by atoms with Crippen LogP contribution in [0.15, 0.2) is 59.6 Å². The Morgan fingerprint density at radius 2 is 1.88 bits per heavy atom. The number of hydrogen-bond donors (Lipinski definition) is 1. The Bertz CT molecular complexity index is 1070. The van der Waals surface area contributed by atoms with Crippen LogP contribution in [-0.4, -0.2) is 42.5 Å². The molecule has 7 heteroatoms. The summed E-state index contributed by atoms with van der Waals surface area (Å²) in [6.07, 6.45) is 2.26. The Labute approximate surface area is 156 Å². The lowest BCUT2D eigenvalue weighted by molar-refractivity contribution is 0.0793. The molecular weight excluding hydrogens is 372 g/mol. The maximum absolute atomic E-state index is 12.8. The molecule has 0 radical (unpaired) electrons. The molecule has 1 aromatic heterocycles. The topological polar surface area (TPSA) is 70.2 Å². The fraction of sp³-hybridized carbons (Fsp3) is 0.211. The van der Waals surface area contributed by atoms with Crippen molar-refractivity contribution in [2.24, 2.45) is 0 Å². The molecular formula is C19H17ClN2O3S. The van der Waals surface area contributed by atoms with Crippen LogP contribution in [0.5, 0.6) is 0 Å². The molecule has 1 unspecified atom stereocenters. The van der Waals surface area contributed by atoms with Gasteiger partial charge < -0.3 is 9.88 Å². The van der Waals surface area contributed by atoms with Gasteiger partial charge in [0.25, 0.3) is 5.91 Å². The number of amides is 1. The zero-order valence-corrected chi connectivity index (χ0v) is 15.4. The number of rotatable bonds is 3. The molecule has 1 fully saturated rings. The second-order valence-electron chi connectivity index (χ2n) is 6.44. The monoisotopic (exact) mass is 388 g/mol. The summed E-state index contributed by atoms with van der Waals surface area (Å²) in [5, 5.41) is 0.858. The van der Waals surface area contributed by atoms with Crippen molar-refractivity contribution in [1.82, 2.24) is 9.88 Å². The third-order valence-corrected chi connectivity index (χ3v) is 7.26. The van der Waals surface area contributed by atoms with Crippen LogP contribution in [0.2, 0.25) is 5.02 Å². The molecule has 5 nitrogen and oxygen atoms in total. The quantitative estimate of drug-likeness (QED) is 0.746. The highest BCUT2D eigenvalue weighted by atomic mass is 35.5. The first-order valence-corrected chi connectivity index (χ1v) is 10.2. The number of benzene rings is 2. The SMILES string of the molecule is O=C(c1ccc2[nH]ccc2c1)N1CCC(S(=O)(=O)c2ccc(Cl)cc2)C1. The van der Waals surface area contributed by atoms with Gasteiger partial charge >= 0.3 is 0 Å². The molecule has 1 N–H and O–H groups in total. The maximum Gasteiger partial charge on any atom is 0.253 e.